The molecule has 2 aromatic rings. The van der Waals surface area contributed by atoms with Crippen molar-refractivity contribution in [2.45, 2.75) is 33.2 Å². The number of aromatic nitrogens is 1. The van der Waals surface area contributed by atoms with Crippen molar-refractivity contribution in [2.75, 3.05) is 24.5 Å². The zero-order valence-electron chi connectivity index (χ0n) is 15.2. The number of amides is 1. The fraction of sp³-hybridized carbons (Fsp3) is 0.429. The molecule has 1 aromatic carbocycles. The van der Waals surface area contributed by atoms with Crippen LogP contribution in [-0.4, -0.2) is 35.4 Å². The Morgan fingerprint density at radius 2 is 1.92 bits per heavy atom. The van der Waals surface area contributed by atoms with Gasteiger partial charge in [-0.05, 0) is 43.4 Å². The molecule has 132 valence electrons. The van der Waals surface area contributed by atoms with Crippen LogP contribution in [-0.2, 0) is 6.54 Å². The van der Waals surface area contributed by atoms with E-state index in [2.05, 4.69) is 28.9 Å². The van der Waals surface area contributed by atoms with E-state index in [1.165, 1.54) is 12.8 Å². The van der Waals surface area contributed by atoms with Gasteiger partial charge in [-0.3, -0.25) is 9.78 Å². The second-order valence-corrected chi connectivity index (χ2v) is 6.87. The molecule has 0 radical (unpaired) electrons. The quantitative estimate of drug-likeness (QED) is 0.828. The molecule has 1 fully saturated rings. The average molecular weight is 337 g/mol. The molecule has 1 aromatic heterocycles. The Morgan fingerprint density at radius 1 is 1.20 bits per heavy atom. The summed E-state index contributed by atoms with van der Waals surface area (Å²) < 4.78 is 0. The lowest BCUT2D eigenvalue weighted by atomic mass is 9.99. The third-order valence-electron chi connectivity index (χ3n) is 5.00. The molecule has 0 aliphatic carbocycles. The van der Waals surface area contributed by atoms with E-state index in [1.54, 1.807) is 6.20 Å². The van der Waals surface area contributed by atoms with Crippen LogP contribution in [0.4, 0.5) is 5.69 Å². The van der Waals surface area contributed by atoms with E-state index in [1.807, 2.05) is 42.2 Å². The van der Waals surface area contributed by atoms with Gasteiger partial charge in [0, 0.05) is 38.1 Å². The predicted molar refractivity (Wildman–Crippen MR) is 102 cm³/mol. The lowest BCUT2D eigenvalue weighted by Gasteiger charge is -2.32. The molecule has 0 atom stereocenters. The summed E-state index contributed by atoms with van der Waals surface area (Å²) in [5.74, 6) is 0.791. The molecule has 0 unspecified atom stereocenters. The van der Waals surface area contributed by atoms with E-state index in [9.17, 15) is 4.79 Å². The molecule has 1 saturated heterocycles. The number of benzene rings is 1. The summed E-state index contributed by atoms with van der Waals surface area (Å²) in [6.07, 6.45) is 4.18. The second-order valence-electron chi connectivity index (χ2n) is 6.87. The maximum absolute atomic E-state index is 12.9. The number of carbonyl (C=O) groups is 1. The van der Waals surface area contributed by atoms with E-state index < -0.39 is 0 Å². The molecule has 4 nitrogen and oxygen atoms in total. The van der Waals surface area contributed by atoms with E-state index in [4.69, 9.17) is 0 Å². The monoisotopic (exact) mass is 337 g/mol. The summed E-state index contributed by atoms with van der Waals surface area (Å²) in [6, 6.07) is 14.1. The maximum Gasteiger partial charge on any atom is 0.272 e. The van der Waals surface area contributed by atoms with Gasteiger partial charge in [0.25, 0.3) is 5.91 Å². The molecule has 3 rings (SSSR count). The number of anilines is 1. The largest absolute Gasteiger partial charge is 0.371 e. The van der Waals surface area contributed by atoms with E-state index in [0.29, 0.717) is 18.8 Å². The van der Waals surface area contributed by atoms with Crippen molar-refractivity contribution in [3.8, 4) is 0 Å². The molecule has 25 heavy (non-hydrogen) atoms. The van der Waals surface area contributed by atoms with Gasteiger partial charge in [-0.15, -0.1) is 0 Å². The zero-order chi connectivity index (χ0) is 17.6. The van der Waals surface area contributed by atoms with Crippen LogP contribution in [0, 0.1) is 5.92 Å². The number of hydrogen-bond donors (Lipinski definition) is 0. The number of carbonyl (C=O) groups excluding carboxylic acids is 1. The molecular weight excluding hydrogens is 310 g/mol. The summed E-state index contributed by atoms with van der Waals surface area (Å²) >= 11 is 0. The van der Waals surface area contributed by atoms with Crippen molar-refractivity contribution in [3.05, 3.63) is 59.9 Å². The minimum atomic E-state index is -0.00131. The summed E-state index contributed by atoms with van der Waals surface area (Å²) in [4.78, 5) is 21.5. The SMILES string of the molecule is CCN(Cc1ccccc1)C(=O)c1cc(N2CCC(C)CC2)ccn1. The zero-order valence-corrected chi connectivity index (χ0v) is 15.2. The fourth-order valence-corrected chi connectivity index (χ4v) is 3.29. The fourth-order valence-electron chi connectivity index (χ4n) is 3.29. The van der Waals surface area contributed by atoms with E-state index >= 15 is 0 Å². The molecule has 2 heterocycles. The highest BCUT2D eigenvalue weighted by Crippen LogP contribution is 2.23. The predicted octanol–water partition coefficient (Wildman–Crippen LogP) is 3.98. The molecule has 0 bridgehead atoms. The van der Waals surface area contributed by atoms with Gasteiger partial charge in [-0.1, -0.05) is 37.3 Å². The minimum Gasteiger partial charge on any atom is -0.371 e. The van der Waals surface area contributed by atoms with Crippen LogP contribution >= 0.6 is 0 Å². The van der Waals surface area contributed by atoms with E-state index in [-0.39, 0.29) is 5.91 Å². The van der Waals surface area contributed by atoms with Crippen molar-refractivity contribution in [1.82, 2.24) is 9.88 Å². The highest BCUT2D eigenvalue weighted by molar-refractivity contribution is 5.93. The molecule has 1 amide bonds. The topological polar surface area (TPSA) is 36.4 Å². The lowest BCUT2D eigenvalue weighted by molar-refractivity contribution is 0.0746. The lowest BCUT2D eigenvalue weighted by Crippen LogP contribution is -2.34. The summed E-state index contributed by atoms with van der Waals surface area (Å²) in [5.41, 5.74) is 2.79. The summed E-state index contributed by atoms with van der Waals surface area (Å²) in [7, 11) is 0. The molecule has 1 aliphatic heterocycles. The van der Waals surface area contributed by atoms with Gasteiger partial charge in [-0.25, -0.2) is 0 Å². The second kappa shape index (κ2) is 8.15. The average Bonchev–Trinajstić information content (AvgIpc) is 2.67. The van der Waals surface area contributed by atoms with Crippen LogP contribution < -0.4 is 4.90 Å². The van der Waals surface area contributed by atoms with Gasteiger partial charge in [0.05, 0.1) is 0 Å². The molecule has 1 aliphatic rings. The van der Waals surface area contributed by atoms with Crippen LogP contribution in [0.1, 0.15) is 42.7 Å². The Labute approximate surface area is 150 Å². The van der Waals surface area contributed by atoms with Gasteiger partial charge >= 0.3 is 0 Å². The van der Waals surface area contributed by atoms with Crippen LogP contribution in [0.3, 0.4) is 0 Å². The number of nitrogens with zero attached hydrogens (tertiary/aromatic N) is 3. The molecule has 0 saturated carbocycles. The van der Waals surface area contributed by atoms with Crippen molar-refractivity contribution < 1.29 is 4.79 Å². The van der Waals surface area contributed by atoms with Gasteiger partial charge in [0.15, 0.2) is 0 Å². The first kappa shape index (κ1) is 17.5. The number of piperidine rings is 1. The number of rotatable bonds is 5. The molecule has 4 heteroatoms. The van der Waals surface area contributed by atoms with Crippen molar-refractivity contribution in [3.63, 3.8) is 0 Å². The van der Waals surface area contributed by atoms with Crippen molar-refractivity contribution in [2.24, 2.45) is 5.92 Å². The minimum absolute atomic E-state index is 0.00131. The smallest absolute Gasteiger partial charge is 0.272 e. The first-order valence-electron chi connectivity index (χ1n) is 9.21. The number of pyridine rings is 1. The Morgan fingerprint density at radius 3 is 2.60 bits per heavy atom. The molecular formula is C21H27N3O. The number of hydrogen-bond acceptors (Lipinski definition) is 3. The Balaban J connectivity index is 1.73. The van der Waals surface area contributed by atoms with Crippen molar-refractivity contribution in [1.29, 1.82) is 0 Å². The maximum atomic E-state index is 12.9. The molecule has 0 N–H and O–H groups in total. The first-order chi connectivity index (χ1) is 12.2. The van der Waals surface area contributed by atoms with Gasteiger partial charge < -0.3 is 9.80 Å². The van der Waals surface area contributed by atoms with Crippen LogP contribution in [0.2, 0.25) is 0 Å². The van der Waals surface area contributed by atoms with Gasteiger partial charge in [0.1, 0.15) is 5.69 Å². The Bertz CT molecular complexity index is 693. The highest BCUT2D eigenvalue weighted by atomic mass is 16.2. The highest BCUT2D eigenvalue weighted by Gasteiger charge is 2.20. The van der Waals surface area contributed by atoms with Crippen molar-refractivity contribution >= 4 is 11.6 Å². The standard InChI is InChI=1S/C21H27N3O/c1-3-23(16-18-7-5-4-6-8-18)21(25)20-15-19(9-12-22-20)24-13-10-17(2)11-14-24/h4-9,12,15,17H,3,10-11,13-14,16H2,1-2H3. The molecule has 0 spiro atoms. The van der Waals surface area contributed by atoms with E-state index in [0.717, 1.165) is 30.3 Å². The van der Waals surface area contributed by atoms with Gasteiger partial charge in [0.2, 0.25) is 0 Å². The normalized spacial score (nSPS) is 15.2. The Hall–Kier alpha value is -2.36. The van der Waals surface area contributed by atoms with Crippen LogP contribution in [0.25, 0.3) is 0 Å². The van der Waals surface area contributed by atoms with Crippen LogP contribution in [0.5, 0.6) is 0 Å². The van der Waals surface area contributed by atoms with Crippen LogP contribution in [0.15, 0.2) is 48.7 Å². The third kappa shape index (κ3) is 4.38. The Kier molecular flexibility index (Phi) is 5.69. The first-order valence-corrected chi connectivity index (χ1v) is 9.21. The summed E-state index contributed by atoms with van der Waals surface area (Å²) in [6.45, 7) is 7.71. The van der Waals surface area contributed by atoms with Gasteiger partial charge in [-0.2, -0.15) is 0 Å². The summed E-state index contributed by atoms with van der Waals surface area (Å²) in [5, 5.41) is 0. The third-order valence-corrected chi connectivity index (χ3v) is 5.00.